The van der Waals surface area contributed by atoms with Crippen molar-refractivity contribution >= 4 is 11.6 Å². The Morgan fingerprint density at radius 3 is 2.67 bits per heavy atom. The van der Waals surface area contributed by atoms with Crippen molar-refractivity contribution in [1.29, 1.82) is 0 Å². The van der Waals surface area contributed by atoms with Crippen LogP contribution in [0.2, 0.25) is 5.02 Å². The highest BCUT2D eigenvalue weighted by molar-refractivity contribution is 6.30. The minimum atomic E-state index is -0.475. The maximum atomic E-state index is 9.79. The summed E-state index contributed by atoms with van der Waals surface area (Å²) in [6.45, 7) is 3.14. The first-order chi connectivity index (χ1) is 8.63. The summed E-state index contributed by atoms with van der Waals surface area (Å²) in [5, 5.41) is 13.8. The molecule has 1 aliphatic rings. The Bertz CT molecular complexity index is 363. The fourth-order valence-corrected chi connectivity index (χ4v) is 2.28. The third kappa shape index (κ3) is 4.16. The number of aliphatic hydroxyl groups is 1. The van der Waals surface area contributed by atoms with Crippen LogP contribution in [0.1, 0.15) is 19.8 Å². The quantitative estimate of drug-likeness (QED) is 0.834. The molecule has 2 rings (SSSR count). The molecule has 4 heteroatoms. The van der Waals surface area contributed by atoms with Crippen LogP contribution in [0.25, 0.3) is 0 Å². The van der Waals surface area contributed by atoms with Gasteiger partial charge in [-0.3, -0.25) is 0 Å². The predicted molar refractivity (Wildman–Crippen MR) is 73.1 cm³/mol. The van der Waals surface area contributed by atoms with Gasteiger partial charge in [-0.25, -0.2) is 0 Å². The van der Waals surface area contributed by atoms with E-state index in [0.29, 0.717) is 24.2 Å². The van der Waals surface area contributed by atoms with Gasteiger partial charge >= 0.3 is 0 Å². The summed E-state index contributed by atoms with van der Waals surface area (Å²) in [7, 11) is 0. The molecule has 2 N–H and O–H groups in total. The first-order valence-electron chi connectivity index (χ1n) is 6.43. The second-order valence-corrected chi connectivity index (χ2v) is 5.54. The highest BCUT2D eigenvalue weighted by atomic mass is 35.5. The molecule has 1 saturated carbocycles. The minimum absolute atomic E-state index is 0.302. The largest absolute Gasteiger partial charge is 0.491 e. The highest BCUT2D eigenvalue weighted by Gasteiger charge is 2.25. The fraction of sp³-hybridized carbons (Fsp3) is 0.571. The number of benzene rings is 1. The molecular weight excluding hydrogens is 250 g/mol. The Morgan fingerprint density at radius 2 is 2.06 bits per heavy atom. The van der Waals surface area contributed by atoms with E-state index in [4.69, 9.17) is 16.3 Å². The SMILES string of the molecule is CC1CC(NCC(O)COc2ccc(Cl)cc2)C1. The fourth-order valence-electron chi connectivity index (χ4n) is 2.15. The smallest absolute Gasteiger partial charge is 0.119 e. The summed E-state index contributed by atoms with van der Waals surface area (Å²) in [6, 6.07) is 7.73. The van der Waals surface area contributed by atoms with Crippen molar-refractivity contribution in [3.8, 4) is 5.75 Å². The van der Waals surface area contributed by atoms with Crippen LogP contribution >= 0.6 is 11.6 Å². The molecule has 1 atom stereocenters. The van der Waals surface area contributed by atoms with Gasteiger partial charge in [0.2, 0.25) is 0 Å². The van der Waals surface area contributed by atoms with Gasteiger partial charge in [0.15, 0.2) is 0 Å². The lowest BCUT2D eigenvalue weighted by Gasteiger charge is -2.34. The molecular formula is C14H20ClNO2. The van der Waals surface area contributed by atoms with Gasteiger partial charge in [-0.15, -0.1) is 0 Å². The van der Waals surface area contributed by atoms with Crippen LogP contribution in [0.4, 0.5) is 0 Å². The molecule has 100 valence electrons. The van der Waals surface area contributed by atoms with E-state index in [2.05, 4.69) is 12.2 Å². The average Bonchev–Trinajstić information content (AvgIpc) is 2.32. The van der Waals surface area contributed by atoms with Crippen molar-refractivity contribution in [2.45, 2.75) is 31.9 Å². The van der Waals surface area contributed by atoms with E-state index in [-0.39, 0.29) is 0 Å². The van der Waals surface area contributed by atoms with Crippen molar-refractivity contribution in [2.24, 2.45) is 5.92 Å². The van der Waals surface area contributed by atoms with Crippen LogP contribution in [-0.2, 0) is 0 Å². The maximum Gasteiger partial charge on any atom is 0.119 e. The number of aliphatic hydroxyl groups excluding tert-OH is 1. The van der Waals surface area contributed by atoms with Gasteiger partial charge < -0.3 is 15.2 Å². The maximum absolute atomic E-state index is 9.79. The number of halogens is 1. The van der Waals surface area contributed by atoms with Gasteiger partial charge in [0, 0.05) is 17.6 Å². The van der Waals surface area contributed by atoms with Crippen molar-refractivity contribution < 1.29 is 9.84 Å². The van der Waals surface area contributed by atoms with E-state index in [0.717, 1.165) is 11.7 Å². The molecule has 0 aliphatic heterocycles. The lowest BCUT2D eigenvalue weighted by Crippen LogP contribution is -2.44. The monoisotopic (exact) mass is 269 g/mol. The molecule has 0 spiro atoms. The summed E-state index contributed by atoms with van der Waals surface area (Å²) in [5.74, 6) is 1.56. The number of nitrogens with one attached hydrogen (secondary N) is 1. The normalized spacial score (nSPS) is 24.4. The van der Waals surface area contributed by atoms with Gasteiger partial charge in [0.25, 0.3) is 0 Å². The molecule has 1 fully saturated rings. The van der Waals surface area contributed by atoms with E-state index in [1.165, 1.54) is 12.8 Å². The Balaban J connectivity index is 1.62. The lowest BCUT2D eigenvalue weighted by atomic mass is 9.82. The van der Waals surface area contributed by atoms with Gasteiger partial charge in [0.05, 0.1) is 0 Å². The molecule has 3 nitrogen and oxygen atoms in total. The topological polar surface area (TPSA) is 41.5 Å². The van der Waals surface area contributed by atoms with Crippen LogP contribution in [-0.4, -0.2) is 30.4 Å². The van der Waals surface area contributed by atoms with Crippen LogP contribution in [0, 0.1) is 5.92 Å². The van der Waals surface area contributed by atoms with Gasteiger partial charge in [0.1, 0.15) is 18.5 Å². The molecule has 1 aromatic rings. The van der Waals surface area contributed by atoms with Crippen molar-refractivity contribution in [1.82, 2.24) is 5.32 Å². The summed E-state index contributed by atoms with van der Waals surface area (Å²) >= 11 is 5.78. The summed E-state index contributed by atoms with van der Waals surface area (Å²) < 4.78 is 5.48. The average molecular weight is 270 g/mol. The zero-order valence-electron chi connectivity index (χ0n) is 10.6. The van der Waals surface area contributed by atoms with Crippen LogP contribution in [0.5, 0.6) is 5.75 Å². The van der Waals surface area contributed by atoms with E-state index >= 15 is 0 Å². The number of hydrogen-bond donors (Lipinski definition) is 2. The Morgan fingerprint density at radius 1 is 1.39 bits per heavy atom. The first kappa shape index (κ1) is 13.7. The highest BCUT2D eigenvalue weighted by Crippen LogP contribution is 2.26. The van der Waals surface area contributed by atoms with Crippen LogP contribution in [0.3, 0.4) is 0 Å². The second kappa shape index (κ2) is 6.41. The van der Waals surface area contributed by atoms with E-state index in [1.54, 1.807) is 24.3 Å². The number of hydrogen-bond acceptors (Lipinski definition) is 3. The second-order valence-electron chi connectivity index (χ2n) is 5.10. The zero-order valence-corrected chi connectivity index (χ0v) is 11.4. The summed E-state index contributed by atoms with van der Waals surface area (Å²) in [6.07, 6.45) is 1.95. The summed E-state index contributed by atoms with van der Waals surface area (Å²) in [4.78, 5) is 0. The first-order valence-corrected chi connectivity index (χ1v) is 6.81. The molecule has 0 aromatic heterocycles. The van der Waals surface area contributed by atoms with Crippen LogP contribution < -0.4 is 10.1 Å². The standard InChI is InChI=1S/C14H20ClNO2/c1-10-6-12(7-10)16-8-13(17)9-18-14-4-2-11(15)3-5-14/h2-5,10,12-13,16-17H,6-9H2,1H3. The van der Waals surface area contributed by atoms with Crippen molar-refractivity contribution in [2.75, 3.05) is 13.2 Å². The van der Waals surface area contributed by atoms with E-state index < -0.39 is 6.10 Å². The predicted octanol–water partition coefficient (Wildman–Crippen LogP) is 2.47. The van der Waals surface area contributed by atoms with E-state index in [9.17, 15) is 5.11 Å². The molecule has 0 heterocycles. The number of rotatable bonds is 6. The van der Waals surface area contributed by atoms with Gasteiger partial charge in [-0.05, 0) is 43.0 Å². The lowest BCUT2D eigenvalue weighted by molar-refractivity contribution is 0.0955. The van der Waals surface area contributed by atoms with Crippen LogP contribution in [0.15, 0.2) is 24.3 Å². The third-order valence-corrected chi connectivity index (χ3v) is 3.52. The molecule has 0 saturated heterocycles. The number of ether oxygens (including phenoxy) is 1. The molecule has 1 aromatic carbocycles. The van der Waals surface area contributed by atoms with E-state index in [1.807, 2.05) is 0 Å². The Labute approximate surface area is 113 Å². The van der Waals surface area contributed by atoms with Gasteiger partial charge in [-0.1, -0.05) is 18.5 Å². The molecule has 1 aliphatic carbocycles. The van der Waals surface area contributed by atoms with Crippen molar-refractivity contribution in [3.63, 3.8) is 0 Å². The minimum Gasteiger partial charge on any atom is -0.491 e. The Kier molecular flexibility index (Phi) is 4.87. The zero-order chi connectivity index (χ0) is 13.0. The van der Waals surface area contributed by atoms with Gasteiger partial charge in [-0.2, -0.15) is 0 Å². The molecule has 0 radical (unpaired) electrons. The summed E-state index contributed by atoms with van der Waals surface area (Å²) in [5.41, 5.74) is 0. The van der Waals surface area contributed by atoms with Crippen molar-refractivity contribution in [3.05, 3.63) is 29.3 Å². The molecule has 0 bridgehead atoms. The third-order valence-electron chi connectivity index (χ3n) is 3.27. The molecule has 1 unspecified atom stereocenters. The molecule has 18 heavy (non-hydrogen) atoms. The Hall–Kier alpha value is -0.770. The molecule has 0 amide bonds.